The van der Waals surface area contributed by atoms with Crippen molar-refractivity contribution in [3.63, 3.8) is 0 Å². The smallest absolute Gasteiger partial charge is 0.0544 e. The molecule has 0 aromatic carbocycles. The quantitative estimate of drug-likeness (QED) is 0.701. The zero-order valence-corrected chi connectivity index (χ0v) is 10.6. The Bertz CT molecular complexity index is 337. The highest BCUT2D eigenvalue weighted by molar-refractivity contribution is 5.09. The average molecular weight is 234 g/mol. The topological polar surface area (TPSA) is 34.1 Å². The summed E-state index contributed by atoms with van der Waals surface area (Å²) in [6.07, 6.45) is 3.83. The van der Waals surface area contributed by atoms with Crippen molar-refractivity contribution >= 4 is 0 Å². The Kier molecular flexibility index (Phi) is 4.95. The average Bonchev–Trinajstić information content (AvgIpc) is 3.12. The van der Waals surface area contributed by atoms with Crippen LogP contribution >= 0.6 is 0 Å². The number of nitrogens with zero attached hydrogens (tertiary/aromatic N) is 1. The van der Waals surface area contributed by atoms with Gasteiger partial charge < -0.3 is 10.1 Å². The summed E-state index contributed by atoms with van der Waals surface area (Å²) in [5.74, 6) is 0.874. The van der Waals surface area contributed by atoms with E-state index in [1.165, 1.54) is 12.8 Å². The van der Waals surface area contributed by atoms with Gasteiger partial charge in [-0.25, -0.2) is 0 Å². The van der Waals surface area contributed by atoms with Crippen LogP contribution in [0.3, 0.4) is 0 Å². The Labute approximate surface area is 104 Å². The molecule has 0 bridgehead atoms. The monoisotopic (exact) mass is 234 g/mol. The lowest BCUT2D eigenvalue weighted by atomic mass is 10.3. The van der Waals surface area contributed by atoms with Gasteiger partial charge in [0.15, 0.2) is 0 Å². The molecule has 1 aliphatic rings. The first kappa shape index (κ1) is 12.5. The molecule has 1 N–H and O–H groups in total. The van der Waals surface area contributed by atoms with Gasteiger partial charge in [-0.1, -0.05) is 6.07 Å². The van der Waals surface area contributed by atoms with E-state index in [2.05, 4.69) is 22.4 Å². The normalized spacial score (nSPS) is 15.1. The minimum atomic E-state index is 0.851. The fourth-order valence-electron chi connectivity index (χ4n) is 1.75. The van der Waals surface area contributed by atoms with Crippen molar-refractivity contribution in [3.05, 3.63) is 29.6 Å². The van der Waals surface area contributed by atoms with E-state index in [1.807, 2.05) is 13.0 Å². The highest BCUT2D eigenvalue weighted by Gasteiger charge is 2.20. The molecule has 1 fully saturated rings. The molecular formula is C14H22N2O. The third kappa shape index (κ3) is 5.29. The maximum atomic E-state index is 5.57. The molecule has 3 heteroatoms. The molecule has 0 radical (unpaired) electrons. The molecule has 1 aliphatic carbocycles. The molecule has 1 aromatic rings. The van der Waals surface area contributed by atoms with Crippen molar-refractivity contribution in [2.24, 2.45) is 5.92 Å². The molecule has 94 valence electrons. The van der Waals surface area contributed by atoms with Crippen LogP contribution in [0.15, 0.2) is 18.2 Å². The lowest BCUT2D eigenvalue weighted by molar-refractivity contribution is 0.122. The van der Waals surface area contributed by atoms with Crippen molar-refractivity contribution in [1.29, 1.82) is 0 Å². The second kappa shape index (κ2) is 6.72. The highest BCUT2D eigenvalue weighted by Crippen LogP contribution is 2.28. The predicted octanol–water partition coefficient (Wildman–Crippen LogP) is 2.30. The number of nitrogens with one attached hydrogen (secondary N) is 1. The van der Waals surface area contributed by atoms with E-state index >= 15 is 0 Å². The molecule has 3 nitrogen and oxygen atoms in total. The van der Waals surface area contributed by atoms with Crippen LogP contribution in [-0.4, -0.2) is 24.7 Å². The number of hydrogen-bond donors (Lipinski definition) is 1. The second-order valence-corrected chi connectivity index (χ2v) is 4.82. The first-order valence-electron chi connectivity index (χ1n) is 6.55. The van der Waals surface area contributed by atoms with Crippen LogP contribution < -0.4 is 5.32 Å². The first-order chi connectivity index (χ1) is 8.34. The number of aromatic nitrogens is 1. The summed E-state index contributed by atoms with van der Waals surface area (Å²) in [4.78, 5) is 4.44. The van der Waals surface area contributed by atoms with Gasteiger partial charge in [0.2, 0.25) is 0 Å². The van der Waals surface area contributed by atoms with Crippen molar-refractivity contribution in [1.82, 2.24) is 10.3 Å². The Balaban J connectivity index is 1.47. The van der Waals surface area contributed by atoms with Crippen molar-refractivity contribution in [2.45, 2.75) is 32.7 Å². The number of hydrogen-bond acceptors (Lipinski definition) is 3. The molecule has 0 aliphatic heterocycles. The number of aryl methyl sites for hydroxylation is 1. The van der Waals surface area contributed by atoms with Gasteiger partial charge in [0.25, 0.3) is 0 Å². The van der Waals surface area contributed by atoms with Gasteiger partial charge in [-0.05, 0) is 50.8 Å². The van der Waals surface area contributed by atoms with Crippen LogP contribution in [0.1, 0.15) is 30.7 Å². The van der Waals surface area contributed by atoms with Gasteiger partial charge in [0.05, 0.1) is 5.69 Å². The molecule has 1 aromatic heterocycles. The Morgan fingerprint density at radius 1 is 1.41 bits per heavy atom. The molecule has 0 unspecified atom stereocenters. The van der Waals surface area contributed by atoms with E-state index in [9.17, 15) is 0 Å². The van der Waals surface area contributed by atoms with Gasteiger partial charge in [0, 0.05) is 25.5 Å². The van der Waals surface area contributed by atoms with E-state index < -0.39 is 0 Å². The molecule has 1 saturated carbocycles. The summed E-state index contributed by atoms with van der Waals surface area (Å²) < 4.78 is 5.57. The minimum absolute atomic E-state index is 0.851. The van der Waals surface area contributed by atoms with Gasteiger partial charge in [0.1, 0.15) is 0 Å². The lowest BCUT2D eigenvalue weighted by Gasteiger charge is -2.05. The van der Waals surface area contributed by atoms with Crippen LogP contribution in [0.2, 0.25) is 0 Å². The second-order valence-electron chi connectivity index (χ2n) is 4.82. The molecule has 0 spiro atoms. The fourth-order valence-corrected chi connectivity index (χ4v) is 1.75. The van der Waals surface area contributed by atoms with Gasteiger partial charge >= 0.3 is 0 Å². The number of ether oxygens (including phenoxy) is 1. The van der Waals surface area contributed by atoms with Crippen LogP contribution in [0.4, 0.5) is 0 Å². The van der Waals surface area contributed by atoms with Gasteiger partial charge in [-0.2, -0.15) is 0 Å². The van der Waals surface area contributed by atoms with Crippen LogP contribution in [0, 0.1) is 12.8 Å². The zero-order chi connectivity index (χ0) is 11.9. The standard InChI is InChI=1S/C14H22N2O/c1-12-4-2-5-14(16-12)10-15-8-3-9-17-11-13-6-7-13/h2,4-5,13,15H,3,6-11H2,1H3. The van der Waals surface area contributed by atoms with Gasteiger partial charge in [-0.3, -0.25) is 4.98 Å². The summed E-state index contributed by atoms with van der Waals surface area (Å²) in [5.41, 5.74) is 2.20. The third-order valence-electron chi connectivity index (χ3n) is 2.94. The van der Waals surface area contributed by atoms with Gasteiger partial charge in [-0.15, -0.1) is 0 Å². The summed E-state index contributed by atoms with van der Waals surface area (Å²) >= 11 is 0. The molecule has 0 atom stereocenters. The van der Waals surface area contributed by atoms with E-state index in [4.69, 9.17) is 4.74 Å². The maximum absolute atomic E-state index is 5.57. The summed E-state index contributed by atoms with van der Waals surface area (Å²) in [5, 5.41) is 3.39. The predicted molar refractivity (Wildman–Crippen MR) is 68.8 cm³/mol. The Morgan fingerprint density at radius 2 is 2.29 bits per heavy atom. The Hall–Kier alpha value is -0.930. The summed E-state index contributed by atoms with van der Waals surface area (Å²) in [6.45, 7) is 5.73. The first-order valence-corrected chi connectivity index (χ1v) is 6.55. The SMILES string of the molecule is Cc1cccc(CNCCCOCC2CC2)n1. The molecular weight excluding hydrogens is 212 g/mol. The highest BCUT2D eigenvalue weighted by atomic mass is 16.5. The summed E-state index contributed by atoms with van der Waals surface area (Å²) in [7, 11) is 0. The van der Waals surface area contributed by atoms with Crippen molar-refractivity contribution < 1.29 is 4.74 Å². The largest absolute Gasteiger partial charge is 0.381 e. The number of rotatable bonds is 8. The Morgan fingerprint density at radius 3 is 3.06 bits per heavy atom. The fraction of sp³-hybridized carbons (Fsp3) is 0.643. The van der Waals surface area contributed by atoms with E-state index in [0.717, 1.165) is 50.0 Å². The molecule has 0 saturated heterocycles. The third-order valence-corrected chi connectivity index (χ3v) is 2.94. The zero-order valence-electron chi connectivity index (χ0n) is 10.6. The van der Waals surface area contributed by atoms with E-state index in [0.29, 0.717) is 0 Å². The summed E-state index contributed by atoms with van der Waals surface area (Å²) in [6, 6.07) is 6.14. The van der Waals surface area contributed by atoms with E-state index in [-0.39, 0.29) is 0 Å². The van der Waals surface area contributed by atoms with Crippen LogP contribution in [0.5, 0.6) is 0 Å². The molecule has 17 heavy (non-hydrogen) atoms. The molecule has 2 rings (SSSR count). The molecule has 0 amide bonds. The van der Waals surface area contributed by atoms with Crippen molar-refractivity contribution in [2.75, 3.05) is 19.8 Å². The van der Waals surface area contributed by atoms with Crippen LogP contribution in [0.25, 0.3) is 0 Å². The molecule has 1 heterocycles. The van der Waals surface area contributed by atoms with E-state index in [1.54, 1.807) is 0 Å². The number of pyridine rings is 1. The maximum Gasteiger partial charge on any atom is 0.0544 e. The van der Waals surface area contributed by atoms with Crippen LogP contribution in [-0.2, 0) is 11.3 Å². The lowest BCUT2D eigenvalue weighted by Crippen LogP contribution is -2.17. The minimum Gasteiger partial charge on any atom is -0.381 e. The van der Waals surface area contributed by atoms with Crippen molar-refractivity contribution in [3.8, 4) is 0 Å².